The molecule has 0 aliphatic carbocycles. The van der Waals surface area contributed by atoms with Crippen molar-refractivity contribution in [2.45, 2.75) is 6.10 Å². The normalized spacial score (nSPS) is 11.9. The van der Waals surface area contributed by atoms with Crippen LogP contribution in [-0.4, -0.2) is 29.5 Å². The monoisotopic (exact) mass is 374 g/mol. The summed E-state index contributed by atoms with van der Waals surface area (Å²) in [6.45, 7) is 0.291. The standard InChI is InChI=1S/C16H14Cl2F2N2O2/c17-7-11(23)8-21-9-1-3-10(4-2-9)22-16(24)12-5-14(19)15(20)6-13(12)18/h1-6,11,21,23H,7-8H2,(H,22,24). The maximum Gasteiger partial charge on any atom is 0.257 e. The summed E-state index contributed by atoms with van der Waals surface area (Å²) in [5, 5.41) is 14.7. The van der Waals surface area contributed by atoms with Gasteiger partial charge in [0.1, 0.15) is 0 Å². The molecule has 2 aromatic rings. The average molecular weight is 375 g/mol. The minimum atomic E-state index is -1.15. The van der Waals surface area contributed by atoms with Gasteiger partial charge in [0.05, 0.1) is 22.6 Å². The quantitative estimate of drug-likeness (QED) is 0.531. The molecule has 2 aromatic carbocycles. The topological polar surface area (TPSA) is 61.4 Å². The van der Waals surface area contributed by atoms with Crippen LogP contribution in [0.1, 0.15) is 10.4 Å². The molecule has 0 spiro atoms. The second-order valence-corrected chi connectivity index (χ2v) is 5.68. The van der Waals surface area contributed by atoms with E-state index >= 15 is 0 Å². The van der Waals surface area contributed by atoms with Crippen molar-refractivity contribution in [3.05, 3.63) is 58.6 Å². The number of hydrogen-bond acceptors (Lipinski definition) is 3. The zero-order chi connectivity index (χ0) is 17.7. The maximum absolute atomic E-state index is 13.2. The number of carbonyl (C=O) groups is 1. The third kappa shape index (κ3) is 4.80. The van der Waals surface area contributed by atoms with Crippen molar-refractivity contribution in [3.8, 4) is 0 Å². The molecule has 0 heterocycles. The molecular weight excluding hydrogens is 361 g/mol. The Morgan fingerprint density at radius 3 is 2.33 bits per heavy atom. The van der Waals surface area contributed by atoms with Gasteiger partial charge in [-0.05, 0) is 36.4 Å². The van der Waals surface area contributed by atoms with Crippen LogP contribution in [-0.2, 0) is 0 Å². The van der Waals surface area contributed by atoms with Gasteiger partial charge < -0.3 is 15.7 Å². The first-order chi connectivity index (χ1) is 11.4. The number of amides is 1. The molecule has 128 valence electrons. The van der Waals surface area contributed by atoms with Gasteiger partial charge in [-0.1, -0.05) is 11.6 Å². The second kappa shape index (κ2) is 8.28. The molecule has 3 N–H and O–H groups in total. The van der Waals surface area contributed by atoms with Crippen molar-refractivity contribution in [1.82, 2.24) is 0 Å². The Kier molecular flexibility index (Phi) is 6.36. The molecule has 0 aromatic heterocycles. The lowest BCUT2D eigenvalue weighted by Crippen LogP contribution is -2.20. The van der Waals surface area contributed by atoms with E-state index in [0.717, 1.165) is 17.8 Å². The smallest absolute Gasteiger partial charge is 0.257 e. The van der Waals surface area contributed by atoms with Crippen LogP contribution in [0.3, 0.4) is 0 Å². The Morgan fingerprint density at radius 1 is 1.12 bits per heavy atom. The number of benzene rings is 2. The van der Waals surface area contributed by atoms with Crippen LogP contribution in [0.15, 0.2) is 36.4 Å². The van der Waals surface area contributed by atoms with E-state index in [1.807, 2.05) is 0 Å². The number of aliphatic hydroxyl groups is 1. The Bertz CT molecular complexity index is 727. The van der Waals surface area contributed by atoms with Crippen LogP contribution in [0.25, 0.3) is 0 Å². The summed E-state index contributed by atoms with van der Waals surface area (Å²) in [6, 6.07) is 8.09. The van der Waals surface area contributed by atoms with Crippen LogP contribution in [0.4, 0.5) is 20.2 Å². The molecular formula is C16H14Cl2F2N2O2. The molecule has 0 saturated carbocycles. The predicted octanol–water partition coefficient (Wildman–Crippen LogP) is 3.88. The van der Waals surface area contributed by atoms with Crippen LogP contribution in [0.2, 0.25) is 5.02 Å². The van der Waals surface area contributed by atoms with Gasteiger partial charge in [-0.15, -0.1) is 11.6 Å². The average Bonchev–Trinajstić information content (AvgIpc) is 2.57. The van der Waals surface area contributed by atoms with E-state index in [0.29, 0.717) is 12.2 Å². The van der Waals surface area contributed by atoms with E-state index in [1.165, 1.54) is 0 Å². The molecule has 2 rings (SSSR count). The van der Waals surface area contributed by atoms with Crippen molar-refractivity contribution >= 4 is 40.5 Å². The van der Waals surface area contributed by atoms with E-state index in [4.69, 9.17) is 23.2 Å². The Balaban J connectivity index is 2.03. The van der Waals surface area contributed by atoms with Gasteiger partial charge in [0.2, 0.25) is 0 Å². The highest BCUT2D eigenvalue weighted by atomic mass is 35.5. The minimum Gasteiger partial charge on any atom is -0.390 e. The number of anilines is 2. The third-order valence-electron chi connectivity index (χ3n) is 3.12. The number of aliphatic hydroxyl groups excluding tert-OH is 1. The molecule has 1 unspecified atom stereocenters. The summed E-state index contributed by atoms with van der Waals surface area (Å²) in [7, 11) is 0. The highest BCUT2D eigenvalue weighted by Crippen LogP contribution is 2.22. The number of nitrogens with one attached hydrogen (secondary N) is 2. The van der Waals surface area contributed by atoms with Crippen LogP contribution >= 0.6 is 23.2 Å². The molecule has 1 amide bonds. The van der Waals surface area contributed by atoms with Gasteiger partial charge in [0, 0.05) is 17.9 Å². The second-order valence-electron chi connectivity index (χ2n) is 4.97. The zero-order valence-corrected chi connectivity index (χ0v) is 13.8. The zero-order valence-electron chi connectivity index (χ0n) is 12.3. The summed E-state index contributed by atoms with van der Waals surface area (Å²) >= 11 is 11.3. The molecule has 24 heavy (non-hydrogen) atoms. The number of carbonyl (C=O) groups excluding carboxylic acids is 1. The van der Waals surface area contributed by atoms with Crippen molar-refractivity contribution in [3.63, 3.8) is 0 Å². The molecule has 0 saturated heterocycles. The molecule has 0 fully saturated rings. The van der Waals surface area contributed by atoms with Gasteiger partial charge in [-0.25, -0.2) is 8.78 Å². The lowest BCUT2D eigenvalue weighted by molar-refractivity contribution is 0.102. The van der Waals surface area contributed by atoms with Crippen molar-refractivity contribution in [1.29, 1.82) is 0 Å². The van der Waals surface area contributed by atoms with Gasteiger partial charge in [-0.2, -0.15) is 0 Å². The highest BCUT2D eigenvalue weighted by molar-refractivity contribution is 6.34. The van der Waals surface area contributed by atoms with E-state index in [1.54, 1.807) is 24.3 Å². The highest BCUT2D eigenvalue weighted by Gasteiger charge is 2.15. The minimum absolute atomic E-state index is 0.121. The van der Waals surface area contributed by atoms with Crippen LogP contribution in [0.5, 0.6) is 0 Å². The lowest BCUT2D eigenvalue weighted by atomic mass is 10.2. The molecule has 0 aliphatic heterocycles. The summed E-state index contributed by atoms with van der Waals surface area (Å²) in [5.74, 6) is -2.80. The van der Waals surface area contributed by atoms with E-state index in [9.17, 15) is 18.7 Å². The predicted molar refractivity (Wildman–Crippen MR) is 91.0 cm³/mol. The number of halogens is 4. The number of rotatable bonds is 6. The summed E-state index contributed by atoms with van der Waals surface area (Å²) in [4.78, 5) is 12.1. The molecule has 0 bridgehead atoms. The SMILES string of the molecule is O=C(Nc1ccc(NCC(O)CCl)cc1)c1cc(F)c(F)cc1Cl. The van der Waals surface area contributed by atoms with Gasteiger partial charge in [0.25, 0.3) is 5.91 Å². The molecule has 4 nitrogen and oxygen atoms in total. The Labute approximate surface area is 147 Å². The summed E-state index contributed by atoms with van der Waals surface area (Å²) < 4.78 is 26.3. The summed E-state index contributed by atoms with van der Waals surface area (Å²) in [5.41, 5.74) is 1.01. The van der Waals surface area contributed by atoms with Crippen molar-refractivity contribution < 1.29 is 18.7 Å². The Hall–Kier alpha value is -1.89. The molecule has 0 radical (unpaired) electrons. The third-order valence-corrected chi connectivity index (χ3v) is 3.79. The van der Waals surface area contributed by atoms with Gasteiger partial charge >= 0.3 is 0 Å². The fourth-order valence-electron chi connectivity index (χ4n) is 1.86. The molecule has 1 atom stereocenters. The van der Waals surface area contributed by atoms with Crippen molar-refractivity contribution in [2.75, 3.05) is 23.1 Å². The Morgan fingerprint density at radius 2 is 1.71 bits per heavy atom. The van der Waals surface area contributed by atoms with Crippen molar-refractivity contribution in [2.24, 2.45) is 0 Å². The van der Waals surface area contributed by atoms with E-state index < -0.39 is 23.6 Å². The van der Waals surface area contributed by atoms with E-state index in [-0.39, 0.29) is 16.5 Å². The first-order valence-electron chi connectivity index (χ1n) is 6.94. The maximum atomic E-state index is 13.2. The van der Waals surface area contributed by atoms with Crippen LogP contribution in [0, 0.1) is 11.6 Å². The molecule has 0 aliphatic rings. The van der Waals surface area contributed by atoms with Gasteiger partial charge in [-0.3, -0.25) is 4.79 Å². The first kappa shape index (κ1) is 18.4. The van der Waals surface area contributed by atoms with Crippen LogP contribution < -0.4 is 10.6 Å². The molecule has 8 heteroatoms. The first-order valence-corrected chi connectivity index (χ1v) is 7.86. The van der Waals surface area contributed by atoms with E-state index in [2.05, 4.69) is 10.6 Å². The van der Waals surface area contributed by atoms with Gasteiger partial charge in [0.15, 0.2) is 11.6 Å². The summed E-state index contributed by atoms with van der Waals surface area (Å²) in [6.07, 6.45) is -0.665. The fourth-order valence-corrected chi connectivity index (χ4v) is 2.20. The fraction of sp³-hybridized carbons (Fsp3) is 0.188. The lowest BCUT2D eigenvalue weighted by Gasteiger charge is -2.11. The number of alkyl halides is 1. The largest absolute Gasteiger partial charge is 0.390 e. The number of hydrogen-bond donors (Lipinski definition) is 3.